The summed E-state index contributed by atoms with van der Waals surface area (Å²) < 4.78 is 0. The molecule has 0 radical (unpaired) electrons. The SMILES string of the molecule is [C-]#[N+]c1cccc(N(c2cccc([Si](C)(C)C)c2)c2ccc3ccc4c(N(c5cccc(C#N)c5)c5cccc([Si](C)(C)C)c5)ccc5ccc2c3c54)c1. The van der Waals surface area contributed by atoms with E-state index >= 15 is 0 Å². The average molecular weight is 731 g/mol. The van der Waals surface area contributed by atoms with Crippen LogP contribution in [0.25, 0.3) is 37.2 Å². The van der Waals surface area contributed by atoms with Gasteiger partial charge in [0.2, 0.25) is 0 Å². The standard InChI is InChI=1S/C48H42N4Si2/c1-50-36-13-9-15-38(29-36)52(40-17-11-19-42(31-40)54(5,6)7)46-27-23-35-20-24-43-45(26-22-34-21-25-44(46)48(35)47(34)43)51(37-14-8-12-33(28-37)32-49)39-16-10-18-41(30-39)53(2,3)4/h8-31H,2-7H3. The molecule has 6 heteroatoms. The molecule has 0 saturated carbocycles. The second-order valence-electron chi connectivity index (χ2n) is 16.2. The molecular formula is C48H42N4Si2. The predicted molar refractivity (Wildman–Crippen MR) is 236 cm³/mol. The summed E-state index contributed by atoms with van der Waals surface area (Å²) in [6.07, 6.45) is 0. The molecule has 8 aromatic rings. The van der Waals surface area contributed by atoms with Gasteiger partial charge >= 0.3 is 0 Å². The highest BCUT2D eigenvalue weighted by Gasteiger charge is 2.25. The summed E-state index contributed by atoms with van der Waals surface area (Å²) in [6.45, 7) is 22.1. The zero-order valence-electron chi connectivity index (χ0n) is 31.6. The first-order chi connectivity index (χ1) is 25.9. The maximum absolute atomic E-state index is 9.93. The molecule has 0 bridgehead atoms. The van der Waals surface area contributed by atoms with Crippen LogP contribution in [0.4, 0.5) is 39.8 Å². The van der Waals surface area contributed by atoms with Gasteiger partial charge in [-0.2, -0.15) is 5.26 Å². The van der Waals surface area contributed by atoms with E-state index in [0.29, 0.717) is 11.3 Å². The molecule has 0 spiro atoms. The molecule has 0 aliphatic heterocycles. The van der Waals surface area contributed by atoms with E-state index in [-0.39, 0.29) is 0 Å². The molecule has 4 nitrogen and oxygen atoms in total. The lowest BCUT2D eigenvalue weighted by atomic mass is 9.91. The van der Waals surface area contributed by atoms with E-state index in [1.54, 1.807) is 0 Å². The number of nitrogens with zero attached hydrogens (tertiary/aromatic N) is 4. The molecule has 0 heterocycles. The Labute approximate surface area is 320 Å². The Balaban J connectivity index is 1.41. The van der Waals surface area contributed by atoms with Crippen molar-refractivity contribution in [3.05, 3.63) is 163 Å². The molecule has 0 atom stereocenters. The van der Waals surface area contributed by atoms with Crippen molar-refractivity contribution in [3.8, 4) is 6.07 Å². The lowest BCUT2D eigenvalue weighted by molar-refractivity contribution is 1.29. The van der Waals surface area contributed by atoms with Crippen molar-refractivity contribution in [2.75, 3.05) is 9.80 Å². The van der Waals surface area contributed by atoms with E-state index in [4.69, 9.17) is 6.57 Å². The molecule has 0 amide bonds. The summed E-state index contributed by atoms with van der Waals surface area (Å²) in [7, 11) is -3.25. The molecular weight excluding hydrogens is 689 g/mol. The lowest BCUT2D eigenvalue weighted by Gasteiger charge is -2.30. The fraction of sp³-hybridized carbons (Fsp3) is 0.125. The van der Waals surface area contributed by atoms with Crippen molar-refractivity contribution >= 4 is 98.7 Å². The number of rotatable bonds is 8. The van der Waals surface area contributed by atoms with Gasteiger partial charge in [0.1, 0.15) is 0 Å². The predicted octanol–water partition coefficient (Wildman–Crippen LogP) is 13.0. The molecule has 0 saturated heterocycles. The van der Waals surface area contributed by atoms with Crippen molar-refractivity contribution in [1.29, 1.82) is 5.26 Å². The number of hydrogen-bond donors (Lipinski definition) is 0. The van der Waals surface area contributed by atoms with Gasteiger partial charge in [-0.05, 0) is 88.3 Å². The topological polar surface area (TPSA) is 34.6 Å². The normalized spacial score (nSPS) is 11.9. The first kappa shape index (κ1) is 34.9. The molecule has 8 aromatic carbocycles. The van der Waals surface area contributed by atoms with E-state index in [9.17, 15) is 5.26 Å². The molecule has 0 unspecified atom stereocenters. The zero-order chi connectivity index (χ0) is 37.8. The Morgan fingerprint density at radius 2 is 0.926 bits per heavy atom. The monoisotopic (exact) mass is 730 g/mol. The molecule has 0 aromatic heterocycles. The van der Waals surface area contributed by atoms with Crippen molar-refractivity contribution in [2.24, 2.45) is 0 Å². The van der Waals surface area contributed by atoms with Crippen LogP contribution < -0.4 is 20.2 Å². The van der Waals surface area contributed by atoms with Crippen molar-refractivity contribution in [3.63, 3.8) is 0 Å². The van der Waals surface area contributed by atoms with Gasteiger partial charge in [-0.1, -0.05) is 129 Å². The van der Waals surface area contributed by atoms with Gasteiger partial charge in [0, 0.05) is 33.5 Å². The molecule has 0 N–H and O–H groups in total. The Bertz CT molecular complexity index is 2600. The summed E-state index contributed by atoms with van der Waals surface area (Å²) >= 11 is 0. The van der Waals surface area contributed by atoms with Gasteiger partial charge in [-0.15, -0.1) is 0 Å². The summed E-state index contributed by atoms with van der Waals surface area (Å²) in [4.78, 5) is 8.45. The smallest absolute Gasteiger partial charge is 0.189 e. The Hall–Kier alpha value is -6.19. The highest BCUT2D eigenvalue weighted by Crippen LogP contribution is 2.47. The van der Waals surface area contributed by atoms with Crippen molar-refractivity contribution in [1.82, 2.24) is 0 Å². The first-order valence-electron chi connectivity index (χ1n) is 18.4. The second kappa shape index (κ2) is 13.3. The minimum atomic E-state index is -1.63. The molecule has 0 aliphatic carbocycles. The molecule has 0 aliphatic rings. The van der Waals surface area contributed by atoms with Crippen molar-refractivity contribution < 1.29 is 0 Å². The Morgan fingerprint density at radius 1 is 0.500 bits per heavy atom. The van der Waals surface area contributed by atoms with Gasteiger partial charge in [-0.25, -0.2) is 4.85 Å². The maximum atomic E-state index is 9.93. The van der Waals surface area contributed by atoms with Crippen LogP contribution in [0.15, 0.2) is 146 Å². The average Bonchev–Trinajstić information content (AvgIpc) is 3.18. The van der Waals surface area contributed by atoms with Gasteiger partial charge in [0.25, 0.3) is 0 Å². The highest BCUT2D eigenvalue weighted by atomic mass is 28.3. The third-order valence-corrected chi connectivity index (χ3v) is 14.6. The van der Waals surface area contributed by atoms with Crippen LogP contribution >= 0.6 is 0 Å². The molecule has 0 fully saturated rings. The van der Waals surface area contributed by atoms with Crippen molar-refractivity contribution in [2.45, 2.75) is 39.3 Å². The molecule has 54 heavy (non-hydrogen) atoms. The van der Waals surface area contributed by atoms with Crippen LogP contribution in [0, 0.1) is 17.9 Å². The summed E-state index contributed by atoms with van der Waals surface area (Å²) in [5.41, 5.74) is 7.44. The van der Waals surface area contributed by atoms with Crippen LogP contribution in [0.1, 0.15) is 5.56 Å². The fourth-order valence-corrected chi connectivity index (χ4v) is 10.0. The maximum Gasteiger partial charge on any atom is 0.189 e. The Kier molecular flexibility index (Phi) is 8.62. The number of nitriles is 1. The summed E-state index contributed by atoms with van der Waals surface area (Å²) in [5.74, 6) is 0. The van der Waals surface area contributed by atoms with Crippen LogP contribution in [-0.2, 0) is 0 Å². The van der Waals surface area contributed by atoms with Gasteiger partial charge in [0.15, 0.2) is 5.69 Å². The lowest BCUT2D eigenvalue weighted by Crippen LogP contribution is -2.37. The largest absolute Gasteiger partial charge is 0.311 e. The molecule has 8 rings (SSSR count). The highest BCUT2D eigenvalue weighted by molar-refractivity contribution is 6.89. The number of anilines is 6. The van der Waals surface area contributed by atoms with E-state index in [0.717, 1.165) is 44.9 Å². The van der Waals surface area contributed by atoms with E-state index in [2.05, 4.69) is 169 Å². The van der Waals surface area contributed by atoms with Crippen LogP contribution in [-0.4, -0.2) is 16.1 Å². The van der Waals surface area contributed by atoms with Gasteiger partial charge < -0.3 is 9.80 Å². The number of benzene rings is 8. The first-order valence-corrected chi connectivity index (χ1v) is 25.4. The third-order valence-electron chi connectivity index (χ3n) is 10.5. The van der Waals surface area contributed by atoms with Crippen LogP contribution in [0.2, 0.25) is 39.3 Å². The van der Waals surface area contributed by atoms with E-state index < -0.39 is 16.1 Å². The van der Waals surface area contributed by atoms with Gasteiger partial charge in [0.05, 0.1) is 45.7 Å². The Morgan fingerprint density at radius 3 is 1.39 bits per heavy atom. The van der Waals surface area contributed by atoms with E-state index in [1.165, 1.54) is 31.9 Å². The van der Waals surface area contributed by atoms with Crippen LogP contribution in [0.3, 0.4) is 0 Å². The third kappa shape index (κ3) is 6.20. The second-order valence-corrected chi connectivity index (χ2v) is 26.3. The summed E-state index contributed by atoms with van der Waals surface area (Å²) in [6, 6.07) is 54.1. The molecule has 262 valence electrons. The van der Waals surface area contributed by atoms with E-state index in [1.807, 2.05) is 36.4 Å². The fourth-order valence-electron chi connectivity index (χ4n) is 7.65. The van der Waals surface area contributed by atoms with Crippen LogP contribution in [0.5, 0.6) is 0 Å². The quantitative estimate of drug-likeness (QED) is 0.0887. The van der Waals surface area contributed by atoms with Gasteiger partial charge in [-0.3, -0.25) is 0 Å². The zero-order valence-corrected chi connectivity index (χ0v) is 33.6. The minimum Gasteiger partial charge on any atom is -0.311 e. The minimum absolute atomic E-state index is 0.611. The number of hydrogen-bond acceptors (Lipinski definition) is 3. The summed E-state index contributed by atoms with van der Waals surface area (Å²) in [5, 5.41) is 19.7.